The molecular formula is C16H22FNO3. The molecule has 0 aromatic heterocycles. The molecule has 1 aromatic rings. The molecule has 4 nitrogen and oxygen atoms in total. The summed E-state index contributed by atoms with van der Waals surface area (Å²) in [4.78, 5) is 13.8. The molecule has 21 heavy (non-hydrogen) atoms. The van der Waals surface area contributed by atoms with E-state index in [1.54, 1.807) is 12.1 Å². The molecule has 2 rings (SSSR count). The van der Waals surface area contributed by atoms with E-state index >= 15 is 0 Å². The first-order chi connectivity index (χ1) is 10.1. The summed E-state index contributed by atoms with van der Waals surface area (Å²) < 4.78 is 23.3. The van der Waals surface area contributed by atoms with Gasteiger partial charge in [-0.25, -0.2) is 9.18 Å². The van der Waals surface area contributed by atoms with E-state index in [9.17, 15) is 9.18 Å². The molecule has 1 aromatic carbocycles. The number of morpholine rings is 1. The molecule has 0 N–H and O–H groups in total. The van der Waals surface area contributed by atoms with Gasteiger partial charge in [0.2, 0.25) is 0 Å². The fourth-order valence-corrected chi connectivity index (χ4v) is 2.59. The number of nitrogens with zero attached hydrogens (tertiary/aromatic N) is 1. The van der Waals surface area contributed by atoms with Gasteiger partial charge in [-0.15, -0.1) is 0 Å². The Morgan fingerprint density at radius 3 is 3.10 bits per heavy atom. The fraction of sp³-hybridized carbons (Fsp3) is 0.562. The van der Waals surface area contributed by atoms with Crippen molar-refractivity contribution in [2.24, 2.45) is 0 Å². The van der Waals surface area contributed by atoms with Crippen molar-refractivity contribution in [1.29, 1.82) is 0 Å². The largest absolute Gasteiger partial charge is 0.467 e. The second-order valence-corrected chi connectivity index (χ2v) is 5.40. The van der Waals surface area contributed by atoms with Crippen LogP contribution in [0.1, 0.15) is 18.9 Å². The van der Waals surface area contributed by atoms with Gasteiger partial charge >= 0.3 is 5.97 Å². The minimum atomic E-state index is -0.500. The number of aryl methyl sites for hydroxylation is 1. The van der Waals surface area contributed by atoms with Gasteiger partial charge in [-0.3, -0.25) is 4.90 Å². The van der Waals surface area contributed by atoms with E-state index < -0.39 is 6.10 Å². The molecule has 1 heterocycles. The molecule has 1 aliphatic heterocycles. The summed E-state index contributed by atoms with van der Waals surface area (Å²) in [7, 11) is 1.37. The van der Waals surface area contributed by atoms with Crippen LogP contribution in [0, 0.1) is 5.82 Å². The van der Waals surface area contributed by atoms with Crippen LogP contribution < -0.4 is 0 Å². The summed E-state index contributed by atoms with van der Waals surface area (Å²) in [6.07, 6.45) is 1.23. The minimum absolute atomic E-state index is 0.197. The van der Waals surface area contributed by atoms with Gasteiger partial charge in [0.15, 0.2) is 6.10 Å². The number of esters is 1. The van der Waals surface area contributed by atoms with Gasteiger partial charge < -0.3 is 9.47 Å². The zero-order valence-corrected chi connectivity index (χ0v) is 12.5. The Morgan fingerprint density at radius 1 is 1.57 bits per heavy atom. The van der Waals surface area contributed by atoms with Crippen LogP contribution in [-0.2, 0) is 20.7 Å². The summed E-state index contributed by atoms with van der Waals surface area (Å²) in [6.45, 7) is 4.01. The lowest BCUT2D eigenvalue weighted by Gasteiger charge is -2.35. The maximum absolute atomic E-state index is 13.1. The molecule has 2 atom stereocenters. The number of rotatable bonds is 5. The standard InChI is InChI=1S/C16H22FNO3/c1-12(6-7-13-4-3-5-14(17)10-13)18-8-9-21-15(11-18)16(19)20-2/h3-5,10,12,15H,6-9,11H2,1-2H3/t12-,15+/m0/s1. The van der Waals surface area contributed by atoms with Crippen molar-refractivity contribution in [3.8, 4) is 0 Å². The topological polar surface area (TPSA) is 38.8 Å². The van der Waals surface area contributed by atoms with Crippen molar-refractivity contribution >= 4 is 5.97 Å². The van der Waals surface area contributed by atoms with Crippen LogP contribution >= 0.6 is 0 Å². The van der Waals surface area contributed by atoms with Gasteiger partial charge in [-0.1, -0.05) is 12.1 Å². The monoisotopic (exact) mass is 295 g/mol. The van der Waals surface area contributed by atoms with E-state index in [1.807, 2.05) is 6.07 Å². The van der Waals surface area contributed by atoms with E-state index in [2.05, 4.69) is 11.8 Å². The molecule has 0 saturated carbocycles. The molecule has 0 spiro atoms. The Balaban J connectivity index is 1.85. The third-order valence-electron chi connectivity index (χ3n) is 3.93. The molecule has 1 aliphatic rings. The highest BCUT2D eigenvalue weighted by Crippen LogP contribution is 2.15. The van der Waals surface area contributed by atoms with E-state index in [1.165, 1.54) is 13.2 Å². The molecule has 0 radical (unpaired) electrons. The van der Waals surface area contributed by atoms with Crippen molar-refractivity contribution in [1.82, 2.24) is 4.90 Å². The Morgan fingerprint density at radius 2 is 2.38 bits per heavy atom. The van der Waals surface area contributed by atoms with Crippen LogP contribution in [0.25, 0.3) is 0 Å². The maximum atomic E-state index is 13.1. The van der Waals surface area contributed by atoms with Crippen LogP contribution in [-0.4, -0.2) is 49.8 Å². The number of carbonyl (C=O) groups excluding carboxylic acids is 1. The van der Waals surface area contributed by atoms with Crippen molar-refractivity contribution in [3.63, 3.8) is 0 Å². The van der Waals surface area contributed by atoms with Crippen LogP contribution in [0.15, 0.2) is 24.3 Å². The normalized spacial score (nSPS) is 21.0. The van der Waals surface area contributed by atoms with E-state index in [-0.39, 0.29) is 11.8 Å². The number of carbonyl (C=O) groups is 1. The van der Waals surface area contributed by atoms with E-state index in [0.29, 0.717) is 19.2 Å². The van der Waals surface area contributed by atoms with Crippen molar-refractivity contribution < 1.29 is 18.7 Å². The first-order valence-corrected chi connectivity index (χ1v) is 7.28. The predicted molar refractivity (Wildman–Crippen MR) is 77.5 cm³/mol. The van der Waals surface area contributed by atoms with Crippen molar-refractivity contribution in [3.05, 3.63) is 35.6 Å². The number of hydrogen-bond acceptors (Lipinski definition) is 4. The van der Waals surface area contributed by atoms with E-state index in [4.69, 9.17) is 9.47 Å². The summed E-state index contributed by atoms with van der Waals surface area (Å²) in [5.41, 5.74) is 1.000. The van der Waals surface area contributed by atoms with Crippen molar-refractivity contribution in [2.45, 2.75) is 31.9 Å². The SMILES string of the molecule is COC(=O)[C@H]1CN([C@@H](C)CCc2cccc(F)c2)CCO1. The average molecular weight is 295 g/mol. The smallest absolute Gasteiger partial charge is 0.336 e. The Bertz CT molecular complexity index is 480. The molecule has 0 amide bonds. The first-order valence-electron chi connectivity index (χ1n) is 7.28. The fourth-order valence-electron chi connectivity index (χ4n) is 2.59. The lowest BCUT2D eigenvalue weighted by molar-refractivity contribution is -0.160. The molecule has 116 valence electrons. The van der Waals surface area contributed by atoms with Crippen LogP contribution in [0.4, 0.5) is 4.39 Å². The second-order valence-electron chi connectivity index (χ2n) is 5.40. The first kappa shape index (κ1) is 15.9. The summed E-state index contributed by atoms with van der Waals surface area (Å²) in [5.74, 6) is -0.519. The van der Waals surface area contributed by atoms with Gasteiger partial charge in [-0.05, 0) is 37.5 Å². The number of ether oxygens (including phenoxy) is 2. The summed E-state index contributed by atoms with van der Waals surface area (Å²) in [6, 6.07) is 7.01. The highest BCUT2D eigenvalue weighted by molar-refractivity contribution is 5.74. The number of hydrogen-bond donors (Lipinski definition) is 0. The average Bonchev–Trinajstić information content (AvgIpc) is 2.52. The van der Waals surface area contributed by atoms with Gasteiger partial charge in [-0.2, -0.15) is 0 Å². The lowest BCUT2D eigenvalue weighted by Crippen LogP contribution is -2.49. The lowest BCUT2D eigenvalue weighted by atomic mass is 10.0. The van der Waals surface area contributed by atoms with E-state index in [0.717, 1.165) is 24.9 Å². The number of benzene rings is 1. The Labute approximate surface area is 124 Å². The van der Waals surface area contributed by atoms with Crippen LogP contribution in [0.2, 0.25) is 0 Å². The summed E-state index contributed by atoms with van der Waals surface area (Å²) >= 11 is 0. The second kappa shape index (κ2) is 7.52. The highest BCUT2D eigenvalue weighted by atomic mass is 19.1. The number of methoxy groups -OCH3 is 1. The minimum Gasteiger partial charge on any atom is -0.467 e. The predicted octanol–water partition coefficient (Wildman–Crippen LogP) is 2.02. The quantitative estimate of drug-likeness (QED) is 0.779. The third kappa shape index (κ3) is 4.51. The van der Waals surface area contributed by atoms with Crippen LogP contribution in [0.5, 0.6) is 0 Å². The van der Waals surface area contributed by atoms with Gasteiger partial charge in [0.25, 0.3) is 0 Å². The molecular weight excluding hydrogens is 273 g/mol. The van der Waals surface area contributed by atoms with Gasteiger partial charge in [0.05, 0.1) is 13.7 Å². The number of halogens is 1. The Hall–Kier alpha value is -1.46. The summed E-state index contributed by atoms with van der Waals surface area (Å²) in [5, 5.41) is 0. The Kier molecular flexibility index (Phi) is 5.70. The molecule has 0 unspecified atom stereocenters. The molecule has 1 saturated heterocycles. The maximum Gasteiger partial charge on any atom is 0.336 e. The zero-order valence-electron chi connectivity index (χ0n) is 12.5. The molecule has 0 aliphatic carbocycles. The van der Waals surface area contributed by atoms with Crippen LogP contribution in [0.3, 0.4) is 0 Å². The highest BCUT2D eigenvalue weighted by Gasteiger charge is 2.29. The van der Waals surface area contributed by atoms with Gasteiger partial charge in [0.1, 0.15) is 5.82 Å². The molecule has 1 fully saturated rings. The van der Waals surface area contributed by atoms with Crippen molar-refractivity contribution in [2.75, 3.05) is 26.8 Å². The zero-order chi connectivity index (χ0) is 15.2. The third-order valence-corrected chi connectivity index (χ3v) is 3.93. The molecule has 0 bridgehead atoms. The van der Waals surface area contributed by atoms with Gasteiger partial charge in [0, 0.05) is 19.1 Å². The molecule has 5 heteroatoms.